The van der Waals surface area contributed by atoms with Crippen LogP contribution in [0.5, 0.6) is 0 Å². The standard InChI is InChI=1S/C20H26N2O4/c1-3-26-19(24)14-13-18(23)22(2)17-12-8-7-11-16(17)20(25)21-15-9-5-4-6-10-15/h7-8,11-15H,3-6,9-10H2,1-2H3,(H,21,25). The van der Waals surface area contributed by atoms with Crippen LogP contribution in [-0.2, 0) is 14.3 Å². The molecule has 1 aromatic carbocycles. The second kappa shape index (κ2) is 9.75. The number of carbonyl (C=O) groups is 3. The van der Waals surface area contributed by atoms with Gasteiger partial charge in [0, 0.05) is 25.2 Å². The van der Waals surface area contributed by atoms with Gasteiger partial charge in [-0.3, -0.25) is 9.59 Å². The maximum absolute atomic E-state index is 12.7. The minimum Gasteiger partial charge on any atom is -0.463 e. The maximum Gasteiger partial charge on any atom is 0.330 e. The summed E-state index contributed by atoms with van der Waals surface area (Å²) in [5.74, 6) is -1.16. The molecule has 1 aliphatic rings. The number of anilines is 1. The number of nitrogens with zero attached hydrogens (tertiary/aromatic N) is 1. The highest BCUT2D eigenvalue weighted by Gasteiger charge is 2.21. The molecule has 6 nitrogen and oxygen atoms in total. The number of para-hydroxylation sites is 1. The van der Waals surface area contributed by atoms with Crippen molar-refractivity contribution in [2.24, 2.45) is 0 Å². The summed E-state index contributed by atoms with van der Waals surface area (Å²) >= 11 is 0. The van der Waals surface area contributed by atoms with E-state index in [1.807, 2.05) is 0 Å². The Kier molecular flexibility index (Phi) is 7.38. The van der Waals surface area contributed by atoms with Gasteiger partial charge in [-0.05, 0) is 31.9 Å². The highest BCUT2D eigenvalue weighted by atomic mass is 16.5. The third-order valence-electron chi connectivity index (χ3n) is 4.43. The van der Waals surface area contributed by atoms with Crippen molar-refractivity contribution in [1.82, 2.24) is 5.32 Å². The molecule has 0 unspecified atom stereocenters. The van der Waals surface area contributed by atoms with Gasteiger partial charge in [0.25, 0.3) is 11.8 Å². The molecule has 0 spiro atoms. The number of nitrogens with one attached hydrogen (secondary N) is 1. The van der Waals surface area contributed by atoms with Crippen molar-refractivity contribution in [2.75, 3.05) is 18.6 Å². The van der Waals surface area contributed by atoms with Gasteiger partial charge >= 0.3 is 5.97 Å². The van der Waals surface area contributed by atoms with Crippen LogP contribution in [0.2, 0.25) is 0 Å². The highest BCUT2D eigenvalue weighted by molar-refractivity contribution is 6.08. The van der Waals surface area contributed by atoms with Gasteiger partial charge in [0.15, 0.2) is 0 Å². The zero-order chi connectivity index (χ0) is 18.9. The number of hydrogen-bond acceptors (Lipinski definition) is 4. The first-order chi connectivity index (χ1) is 12.5. The lowest BCUT2D eigenvalue weighted by molar-refractivity contribution is -0.137. The first-order valence-electron chi connectivity index (χ1n) is 9.05. The average molecular weight is 358 g/mol. The molecule has 1 aliphatic carbocycles. The molecule has 2 rings (SSSR count). The van der Waals surface area contributed by atoms with Crippen LogP contribution < -0.4 is 10.2 Å². The lowest BCUT2D eigenvalue weighted by Gasteiger charge is -2.24. The number of esters is 1. The first kappa shape index (κ1) is 19.7. The Morgan fingerprint density at radius 1 is 1.15 bits per heavy atom. The number of amides is 2. The number of benzene rings is 1. The molecule has 0 aromatic heterocycles. The Hall–Kier alpha value is -2.63. The van der Waals surface area contributed by atoms with Crippen LogP contribution in [-0.4, -0.2) is 37.5 Å². The predicted molar refractivity (Wildman–Crippen MR) is 100.0 cm³/mol. The molecule has 140 valence electrons. The third kappa shape index (κ3) is 5.44. The lowest BCUT2D eigenvalue weighted by atomic mass is 9.95. The predicted octanol–water partition coefficient (Wildman–Crippen LogP) is 2.83. The smallest absolute Gasteiger partial charge is 0.330 e. The summed E-state index contributed by atoms with van der Waals surface area (Å²) in [7, 11) is 1.57. The maximum atomic E-state index is 12.7. The van der Waals surface area contributed by atoms with Crippen LogP contribution in [0.4, 0.5) is 5.69 Å². The fraction of sp³-hybridized carbons (Fsp3) is 0.450. The Bertz CT molecular complexity index is 678. The van der Waals surface area contributed by atoms with E-state index >= 15 is 0 Å². The van der Waals surface area contributed by atoms with Crippen LogP contribution >= 0.6 is 0 Å². The number of hydrogen-bond donors (Lipinski definition) is 1. The van der Waals surface area contributed by atoms with E-state index in [9.17, 15) is 14.4 Å². The van der Waals surface area contributed by atoms with Crippen molar-refractivity contribution < 1.29 is 19.1 Å². The van der Waals surface area contributed by atoms with Crippen LogP contribution in [0.15, 0.2) is 36.4 Å². The molecule has 1 saturated carbocycles. The Morgan fingerprint density at radius 2 is 1.85 bits per heavy atom. The fourth-order valence-electron chi connectivity index (χ4n) is 3.03. The largest absolute Gasteiger partial charge is 0.463 e. The number of likely N-dealkylation sites (N-methyl/N-ethyl adjacent to an activating group) is 1. The van der Waals surface area contributed by atoms with Gasteiger partial charge in [0.2, 0.25) is 0 Å². The van der Waals surface area contributed by atoms with E-state index in [-0.39, 0.29) is 18.6 Å². The van der Waals surface area contributed by atoms with E-state index in [0.29, 0.717) is 11.3 Å². The SMILES string of the molecule is CCOC(=O)C=CC(=O)N(C)c1ccccc1C(=O)NC1CCCCC1. The van der Waals surface area contributed by atoms with E-state index in [1.165, 1.54) is 11.3 Å². The van der Waals surface area contributed by atoms with E-state index in [1.54, 1.807) is 38.2 Å². The Labute approximate surface area is 154 Å². The van der Waals surface area contributed by atoms with E-state index < -0.39 is 11.9 Å². The second-order valence-corrected chi connectivity index (χ2v) is 6.31. The van der Waals surface area contributed by atoms with Gasteiger partial charge in [-0.1, -0.05) is 31.4 Å². The van der Waals surface area contributed by atoms with Gasteiger partial charge in [0.1, 0.15) is 0 Å². The van der Waals surface area contributed by atoms with Crippen molar-refractivity contribution in [1.29, 1.82) is 0 Å². The summed E-state index contributed by atoms with van der Waals surface area (Å²) in [6.45, 7) is 1.94. The summed E-state index contributed by atoms with van der Waals surface area (Å²) in [6.07, 6.45) is 7.69. The quantitative estimate of drug-likeness (QED) is 0.627. The van der Waals surface area contributed by atoms with Gasteiger partial charge in [-0.25, -0.2) is 4.79 Å². The Morgan fingerprint density at radius 3 is 2.54 bits per heavy atom. The summed E-state index contributed by atoms with van der Waals surface area (Å²) in [6, 6.07) is 7.14. The van der Waals surface area contributed by atoms with Crippen molar-refractivity contribution in [3.05, 3.63) is 42.0 Å². The molecule has 6 heteroatoms. The molecule has 0 saturated heterocycles. The normalized spacial score (nSPS) is 14.8. The monoisotopic (exact) mass is 358 g/mol. The minimum absolute atomic E-state index is 0.179. The van der Waals surface area contributed by atoms with Crippen molar-refractivity contribution in [3.8, 4) is 0 Å². The van der Waals surface area contributed by atoms with Crippen molar-refractivity contribution in [2.45, 2.75) is 45.1 Å². The fourth-order valence-corrected chi connectivity index (χ4v) is 3.03. The third-order valence-corrected chi connectivity index (χ3v) is 4.43. The average Bonchev–Trinajstić information content (AvgIpc) is 2.66. The molecule has 0 aliphatic heterocycles. The topological polar surface area (TPSA) is 75.7 Å². The van der Waals surface area contributed by atoms with Crippen molar-refractivity contribution >= 4 is 23.5 Å². The van der Waals surface area contributed by atoms with E-state index in [4.69, 9.17) is 4.74 Å². The number of ether oxygens (including phenoxy) is 1. The van der Waals surface area contributed by atoms with Crippen LogP contribution in [0.1, 0.15) is 49.4 Å². The van der Waals surface area contributed by atoms with Crippen LogP contribution in [0.25, 0.3) is 0 Å². The molecule has 1 aromatic rings. The van der Waals surface area contributed by atoms with Gasteiger partial charge in [-0.15, -0.1) is 0 Å². The first-order valence-corrected chi connectivity index (χ1v) is 9.05. The summed E-state index contributed by atoms with van der Waals surface area (Å²) < 4.78 is 4.76. The molecular weight excluding hydrogens is 332 g/mol. The zero-order valence-corrected chi connectivity index (χ0v) is 15.4. The molecule has 0 atom stereocenters. The van der Waals surface area contributed by atoms with Gasteiger partial charge in [-0.2, -0.15) is 0 Å². The summed E-state index contributed by atoms with van der Waals surface area (Å²) in [4.78, 5) is 37.7. The molecule has 0 radical (unpaired) electrons. The summed E-state index contributed by atoms with van der Waals surface area (Å²) in [5.41, 5.74) is 0.942. The number of carbonyl (C=O) groups excluding carboxylic acids is 3. The summed E-state index contributed by atoms with van der Waals surface area (Å²) in [5, 5.41) is 3.07. The van der Waals surface area contributed by atoms with Gasteiger partial charge < -0.3 is 15.0 Å². The molecule has 26 heavy (non-hydrogen) atoms. The Balaban J connectivity index is 2.10. The van der Waals surface area contributed by atoms with Crippen LogP contribution in [0, 0.1) is 0 Å². The molecule has 1 N–H and O–H groups in total. The molecule has 0 heterocycles. The van der Waals surface area contributed by atoms with Crippen LogP contribution in [0.3, 0.4) is 0 Å². The van der Waals surface area contributed by atoms with E-state index in [2.05, 4.69) is 5.32 Å². The van der Waals surface area contributed by atoms with Crippen molar-refractivity contribution in [3.63, 3.8) is 0 Å². The number of rotatable bonds is 6. The van der Waals surface area contributed by atoms with E-state index in [0.717, 1.165) is 37.8 Å². The molecule has 0 bridgehead atoms. The molecular formula is C20H26N2O4. The molecule has 1 fully saturated rings. The minimum atomic E-state index is -0.572. The zero-order valence-electron chi connectivity index (χ0n) is 15.4. The lowest BCUT2D eigenvalue weighted by Crippen LogP contribution is -2.37. The second-order valence-electron chi connectivity index (χ2n) is 6.31. The highest BCUT2D eigenvalue weighted by Crippen LogP contribution is 2.22. The molecule has 2 amide bonds. The van der Waals surface area contributed by atoms with Gasteiger partial charge in [0.05, 0.1) is 17.9 Å².